The number of piperidine rings is 2. The summed E-state index contributed by atoms with van der Waals surface area (Å²) in [6.07, 6.45) is 12.0. The summed E-state index contributed by atoms with van der Waals surface area (Å²) in [6.45, 7) is 3.65. The average Bonchev–Trinajstić information content (AvgIpc) is 2.82. The predicted molar refractivity (Wildman–Crippen MR) is 122 cm³/mol. The van der Waals surface area contributed by atoms with Gasteiger partial charge in [0.1, 0.15) is 6.33 Å². The second kappa shape index (κ2) is 9.46. The lowest BCUT2D eigenvalue weighted by Crippen LogP contribution is -2.63. The number of carboxylic acids is 1. The Kier molecular flexibility index (Phi) is 6.64. The van der Waals surface area contributed by atoms with Crippen molar-refractivity contribution in [2.45, 2.75) is 56.7 Å². The van der Waals surface area contributed by atoms with Gasteiger partial charge in [-0.1, -0.05) is 31.2 Å². The number of amides is 1. The fourth-order valence-electron chi connectivity index (χ4n) is 5.27. The van der Waals surface area contributed by atoms with Crippen LogP contribution in [0.4, 0.5) is 16.0 Å². The van der Waals surface area contributed by atoms with Crippen LogP contribution >= 0.6 is 0 Å². The third-order valence-electron chi connectivity index (χ3n) is 7.07. The van der Waals surface area contributed by atoms with Gasteiger partial charge >= 0.3 is 5.97 Å². The van der Waals surface area contributed by atoms with Gasteiger partial charge in [-0.2, -0.15) is 4.39 Å². The van der Waals surface area contributed by atoms with E-state index in [-0.39, 0.29) is 23.6 Å². The Labute approximate surface area is 192 Å². The van der Waals surface area contributed by atoms with Crippen molar-refractivity contribution in [1.82, 2.24) is 20.2 Å². The number of hydrogen-bond acceptors (Lipinski definition) is 7. The van der Waals surface area contributed by atoms with Gasteiger partial charge in [0.25, 0.3) is 0 Å². The Hall–Kier alpha value is -3.01. The molecule has 10 heteroatoms. The molecule has 4 rings (SSSR count). The lowest BCUT2D eigenvalue weighted by atomic mass is 9.77. The molecular formula is C23H31FN6O3. The first-order valence-corrected chi connectivity index (χ1v) is 11.5. The van der Waals surface area contributed by atoms with E-state index in [1.165, 1.54) is 6.33 Å². The zero-order chi connectivity index (χ0) is 23.6. The number of hydrogen-bond donors (Lipinski definition) is 3. The topological polar surface area (TPSA) is 125 Å². The molecule has 33 heavy (non-hydrogen) atoms. The van der Waals surface area contributed by atoms with Gasteiger partial charge in [-0.05, 0) is 32.1 Å². The highest BCUT2D eigenvalue weighted by Gasteiger charge is 2.44. The Morgan fingerprint density at radius 1 is 1.30 bits per heavy atom. The molecule has 9 nitrogen and oxygen atoms in total. The number of carboxylic acid groups (broad SMARTS) is 1. The van der Waals surface area contributed by atoms with Gasteiger partial charge in [0.2, 0.25) is 11.7 Å². The average molecular weight is 459 g/mol. The van der Waals surface area contributed by atoms with E-state index in [0.29, 0.717) is 32.5 Å². The molecule has 178 valence electrons. The third-order valence-corrected chi connectivity index (χ3v) is 7.07. The number of rotatable bonds is 6. The number of halogens is 1. The Morgan fingerprint density at radius 2 is 2.09 bits per heavy atom. The van der Waals surface area contributed by atoms with Crippen LogP contribution in [0, 0.1) is 11.7 Å². The van der Waals surface area contributed by atoms with Gasteiger partial charge in [0, 0.05) is 25.7 Å². The fourth-order valence-corrected chi connectivity index (χ4v) is 5.27. The number of nitrogens with two attached hydrogens (primary N) is 1. The molecular weight excluding hydrogens is 427 g/mol. The summed E-state index contributed by atoms with van der Waals surface area (Å²) in [5, 5.41) is 13.2. The lowest BCUT2D eigenvalue weighted by Gasteiger charge is -2.46. The summed E-state index contributed by atoms with van der Waals surface area (Å²) >= 11 is 0. The molecule has 1 aromatic rings. The minimum atomic E-state index is -0.917. The first kappa shape index (κ1) is 23.2. The maximum absolute atomic E-state index is 14.5. The zero-order valence-electron chi connectivity index (χ0n) is 18.8. The van der Waals surface area contributed by atoms with Crippen molar-refractivity contribution in [3.05, 3.63) is 36.4 Å². The van der Waals surface area contributed by atoms with E-state index in [9.17, 15) is 19.1 Å². The molecule has 0 aromatic carbocycles. The molecule has 2 saturated heterocycles. The van der Waals surface area contributed by atoms with Gasteiger partial charge < -0.3 is 20.6 Å². The highest BCUT2D eigenvalue weighted by molar-refractivity contribution is 5.84. The third kappa shape index (κ3) is 4.44. The van der Waals surface area contributed by atoms with Crippen LogP contribution in [0.1, 0.15) is 39.0 Å². The number of carbonyl (C=O) groups excluding carboxylic acids is 1. The van der Waals surface area contributed by atoms with E-state index >= 15 is 0 Å². The number of carbonyl (C=O) groups is 2. The second-order valence-corrected chi connectivity index (χ2v) is 8.96. The number of nitrogen functional groups attached to an aromatic ring is 1. The van der Waals surface area contributed by atoms with E-state index in [1.807, 2.05) is 28.9 Å². The molecule has 4 atom stereocenters. The fraction of sp³-hybridized carbons (Fsp3) is 0.565. The van der Waals surface area contributed by atoms with Gasteiger partial charge in [-0.15, -0.1) is 0 Å². The zero-order valence-corrected chi connectivity index (χ0v) is 18.8. The number of aromatic nitrogens is 2. The SMILES string of the molecule is CCC1(NC2CCCN([C@@H]3CCCN(c4ncnc(N)c4F)C3)C2=O)C=CC=CC1C(=O)O. The highest BCUT2D eigenvalue weighted by atomic mass is 19.1. The quantitative estimate of drug-likeness (QED) is 0.589. The molecule has 3 unspecified atom stereocenters. The first-order chi connectivity index (χ1) is 15.9. The highest BCUT2D eigenvalue weighted by Crippen LogP contribution is 2.32. The number of aliphatic carboxylic acids is 1. The first-order valence-electron chi connectivity index (χ1n) is 11.5. The molecule has 0 saturated carbocycles. The number of likely N-dealkylation sites (tertiary alicyclic amines) is 1. The van der Waals surface area contributed by atoms with Crippen LogP contribution in [0.5, 0.6) is 0 Å². The van der Waals surface area contributed by atoms with Crippen molar-refractivity contribution < 1.29 is 19.1 Å². The summed E-state index contributed by atoms with van der Waals surface area (Å²) in [4.78, 5) is 36.9. The van der Waals surface area contributed by atoms with Crippen LogP contribution in [0.2, 0.25) is 0 Å². The molecule has 3 aliphatic rings. The van der Waals surface area contributed by atoms with Gasteiger partial charge in [-0.25, -0.2) is 9.97 Å². The molecule has 1 aliphatic carbocycles. The van der Waals surface area contributed by atoms with Crippen LogP contribution in [0.3, 0.4) is 0 Å². The summed E-state index contributed by atoms with van der Waals surface area (Å²) < 4.78 is 14.5. The van der Waals surface area contributed by atoms with Gasteiger partial charge in [0.15, 0.2) is 11.6 Å². The maximum atomic E-state index is 14.5. The second-order valence-electron chi connectivity index (χ2n) is 8.96. The van der Waals surface area contributed by atoms with E-state index in [1.54, 1.807) is 12.2 Å². The Balaban J connectivity index is 1.50. The van der Waals surface area contributed by atoms with E-state index in [0.717, 1.165) is 19.3 Å². The standard InChI is InChI=1S/C23H31FN6O3/c1-2-23(10-4-3-8-16(23)22(32)33)28-17-9-6-12-30(21(17)31)15-7-5-11-29(13-15)20-18(24)19(25)26-14-27-20/h3-4,8,10,14-17,28H,2,5-7,9,11-13H2,1H3,(H,32,33)(H2,25,26,27)/t15-,16?,17?,23?/m1/s1. The van der Waals surface area contributed by atoms with Crippen molar-refractivity contribution in [2.24, 2.45) is 5.92 Å². The normalized spacial score (nSPS) is 30.0. The molecule has 3 heterocycles. The van der Waals surface area contributed by atoms with Crippen molar-refractivity contribution in [3.8, 4) is 0 Å². The van der Waals surface area contributed by atoms with Crippen LogP contribution < -0.4 is 16.0 Å². The monoisotopic (exact) mass is 458 g/mol. The van der Waals surface area contributed by atoms with Crippen molar-refractivity contribution in [3.63, 3.8) is 0 Å². The molecule has 2 aliphatic heterocycles. The molecule has 0 bridgehead atoms. The maximum Gasteiger partial charge on any atom is 0.312 e. The molecule has 1 aromatic heterocycles. The smallest absolute Gasteiger partial charge is 0.312 e. The molecule has 0 radical (unpaired) electrons. The molecule has 4 N–H and O–H groups in total. The number of anilines is 2. The number of allylic oxidation sites excluding steroid dienone is 2. The number of nitrogens with one attached hydrogen (secondary N) is 1. The van der Waals surface area contributed by atoms with Crippen LogP contribution in [0.15, 0.2) is 30.6 Å². The summed E-state index contributed by atoms with van der Waals surface area (Å²) in [7, 11) is 0. The summed E-state index contributed by atoms with van der Waals surface area (Å²) in [6, 6.07) is -0.556. The van der Waals surface area contributed by atoms with Crippen LogP contribution in [0.25, 0.3) is 0 Å². The van der Waals surface area contributed by atoms with Crippen LogP contribution in [-0.2, 0) is 9.59 Å². The largest absolute Gasteiger partial charge is 0.481 e. The van der Waals surface area contributed by atoms with Crippen molar-refractivity contribution in [2.75, 3.05) is 30.3 Å². The van der Waals surface area contributed by atoms with E-state index in [2.05, 4.69) is 15.3 Å². The molecule has 1 amide bonds. The minimum absolute atomic E-state index is 0.0318. The summed E-state index contributed by atoms with van der Waals surface area (Å²) in [5.74, 6) is -2.35. The Morgan fingerprint density at radius 3 is 2.85 bits per heavy atom. The lowest BCUT2D eigenvalue weighted by molar-refractivity contribution is -0.144. The summed E-state index contributed by atoms with van der Waals surface area (Å²) in [5.41, 5.74) is 4.80. The molecule has 0 spiro atoms. The van der Waals surface area contributed by atoms with E-state index in [4.69, 9.17) is 5.73 Å². The minimum Gasteiger partial charge on any atom is -0.481 e. The van der Waals surface area contributed by atoms with Crippen molar-refractivity contribution in [1.29, 1.82) is 0 Å². The molecule has 2 fully saturated rings. The van der Waals surface area contributed by atoms with Gasteiger partial charge in [0.05, 0.1) is 17.5 Å². The van der Waals surface area contributed by atoms with Crippen LogP contribution in [-0.4, -0.2) is 69.1 Å². The van der Waals surface area contributed by atoms with Gasteiger partial charge in [-0.3, -0.25) is 14.9 Å². The van der Waals surface area contributed by atoms with Crippen molar-refractivity contribution >= 4 is 23.5 Å². The number of nitrogens with zero attached hydrogens (tertiary/aromatic N) is 4. The van der Waals surface area contributed by atoms with E-state index < -0.39 is 29.3 Å². The Bertz CT molecular complexity index is 970. The predicted octanol–water partition coefficient (Wildman–Crippen LogP) is 1.72.